The number of hydrogen-bond donors (Lipinski definition) is 2. The summed E-state index contributed by atoms with van der Waals surface area (Å²) < 4.78 is 36.4. The molecule has 0 bridgehead atoms. The molecule has 1 amide bonds. The predicted octanol–water partition coefficient (Wildman–Crippen LogP) is 1.64. The third-order valence-corrected chi connectivity index (χ3v) is 2.26. The van der Waals surface area contributed by atoms with Gasteiger partial charge in [0.15, 0.2) is 0 Å². The number of hydrogen-bond acceptors (Lipinski definition) is 5. The first-order valence-corrected chi connectivity index (χ1v) is 5.37. The Morgan fingerprint density at radius 2 is 2.20 bits per heavy atom. The minimum absolute atomic E-state index is 0.149. The molecule has 1 atom stereocenters. The van der Waals surface area contributed by atoms with Crippen molar-refractivity contribution in [3.05, 3.63) is 27.9 Å². The SMILES string of the molecule is CC(CC(F)(F)F)NC(=O)c1cc(N)ncc1[N+](=O)[O-]. The van der Waals surface area contributed by atoms with Gasteiger partial charge in [-0.25, -0.2) is 4.98 Å². The van der Waals surface area contributed by atoms with E-state index in [-0.39, 0.29) is 5.82 Å². The molecule has 1 aromatic rings. The second-order valence-corrected chi connectivity index (χ2v) is 4.08. The third kappa shape index (κ3) is 4.37. The smallest absolute Gasteiger partial charge is 0.384 e. The van der Waals surface area contributed by atoms with Crippen molar-refractivity contribution < 1.29 is 22.9 Å². The van der Waals surface area contributed by atoms with E-state index in [9.17, 15) is 28.1 Å². The van der Waals surface area contributed by atoms with Crippen LogP contribution in [0.4, 0.5) is 24.7 Å². The lowest BCUT2D eigenvalue weighted by Crippen LogP contribution is -2.36. The summed E-state index contributed by atoms with van der Waals surface area (Å²) in [7, 11) is 0. The van der Waals surface area contributed by atoms with Gasteiger partial charge in [0.2, 0.25) is 0 Å². The third-order valence-electron chi connectivity index (χ3n) is 2.26. The van der Waals surface area contributed by atoms with Gasteiger partial charge in [-0.3, -0.25) is 14.9 Å². The zero-order valence-corrected chi connectivity index (χ0v) is 10.3. The Balaban J connectivity index is 2.92. The molecular formula is C10H11F3N4O3. The van der Waals surface area contributed by atoms with Crippen LogP contribution in [0.3, 0.4) is 0 Å². The van der Waals surface area contributed by atoms with Crippen molar-refractivity contribution in [1.82, 2.24) is 10.3 Å². The van der Waals surface area contributed by atoms with E-state index in [1.165, 1.54) is 0 Å². The standard InChI is InChI=1S/C10H11F3N4O3/c1-5(3-10(11,12)13)16-9(18)6-2-8(14)15-4-7(6)17(19)20/h2,4-5H,3H2,1H3,(H2,14,15)(H,16,18). The van der Waals surface area contributed by atoms with E-state index in [2.05, 4.69) is 4.98 Å². The van der Waals surface area contributed by atoms with Gasteiger partial charge < -0.3 is 11.1 Å². The number of carbonyl (C=O) groups is 1. The summed E-state index contributed by atoms with van der Waals surface area (Å²) in [6.07, 6.45) is -4.92. The monoisotopic (exact) mass is 292 g/mol. The molecule has 1 heterocycles. The molecule has 0 saturated carbocycles. The zero-order valence-electron chi connectivity index (χ0n) is 10.3. The number of nitro groups is 1. The minimum Gasteiger partial charge on any atom is -0.384 e. The Labute approximate surface area is 111 Å². The molecule has 0 fully saturated rings. The van der Waals surface area contributed by atoms with Gasteiger partial charge in [0, 0.05) is 6.04 Å². The number of nitrogen functional groups attached to an aromatic ring is 1. The molecule has 0 aliphatic carbocycles. The number of nitrogens with one attached hydrogen (secondary N) is 1. The first-order valence-electron chi connectivity index (χ1n) is 5.37. The van der Waals surface area contributed by atoms with E-state index in [4.69, 9.17) is 5.73 Å². The normalized spacial score (nSPS) is 12.8. The van der Waals surface area contributed by atoms with Gasteiger partial charge in [-0.1, -0.05) is 0 Å². The van der Waals surface area contributed by atoms with Gasteiger partial charge in [0.05, 0.1) is 11.3 Å². The van der Waals surface area contributed by atoms with Crippen LogP contribution in [0.2, 0.25) is 0 Å². The highest BCUT2D eigenvalue weighted by atomic mass is 19.4. The maximum atomic E-state index is 12.1. The number of anilines is 1. The summed E-state index contributed by atoms with van der Waals surface area (Å²) in [5, 5.41) is 12.7. The lowest BCUT2D eigenvalue weighted by molar-refractivity contribution is -0.385. The highest BCUT2D eigenvalue weighted by Crippen LogP contribution is 2.23. The summed E-state index contributed by atoms with van der Waals surface area (Å²) in [5.41, 5.74) is 4.24. The Bertz CT molecular complexity index is 533. The Morgan fingerprint density at radius 1 is 1.60 bits per heavy atom. The molecule has 0 saturated heterocycles. The highest BCUT2D eigenvalue weighted by molar-refractivity contribution is 5.98. The van der Waals surface area contributed by atoms with Crippen LogP contribution in [-0.2, 0) is 0 Å². The molecule has 20 heavy (non-hydrogen) atoms. The fourth-order valence-corrected chi connectivity index (χ4v) is 1.49. The Kier molecular flexibility index (Phi) is 4.48. The van der Waals surface area contributed by atoms with Crippen molar-refractivity contribution in [2.45, 2.75) is 25.6 Å². The maximum Gasteiger partial charge on any atom is 0.391 e. The Morgan fingerprint density at radius 3 is 2.70 bits per heavy atom. The minimum atomic E-state index is -4.45. The molecule has 110 valence electrons. The topological polar surface area (TPSA) is 111 Å². The largest absolute Gasteiger partial charge is 0.391 e. The van der Waals surface area contributed by atoms with Gasteiger partial charge in [0.25, 0.3) is 11.6 Å². The van der Waals surface area contributed by atoms with Crippen LogP contribution >= 0.6 is 0 Å². The van der Waals surface area contributed by atoms with Crippen molar-refractivity contribution >= 4 is 17.4 Å². The molecular weight excluding hydrogens is 281 g/mol. The van der Waals surface area contributed by atoms with Crippen molar-refractivity contribution in [2.24, 2.45) is 0 Å². The average molecular weight is 292 g/mol. The van der Waals surface area contributed by atoms with Crippen LogP contribution in [0.5, 0.6) is 0 Å². The molecule has 0 aromatic carbocycles. The second kappa shape index (κ2) is 5.72. The van der Waals surface area contributed by atoms with E-state index in [1.807, 2.05) is 5.32 Å². The van der Waals surface area contributed by atoms with Crippen molar-refractivity contribution in [3.63, 3.8) is 0 Å². The lowest BCUT2D eigenvalue weighted by atomic mass is 10.1. The molecule has 3 N–H and O–H groups in total. The summed E-state index contributed by atoms with van der Waals surface area (Å²) in [4.78, 5) is 25.1. The van der Waals surface area contributed by atoms with Gasteiger partial charge in [-0.2, -0.15) is 13.2 Å². The van der Waals surface area contributed by atoms with Gasteiger partial charge in [-0.15, -0.1) is 0 Å². The van der Waals surface area contributed by atoms with E-state index < -0.39 is 40.7 Å². The fourth-order valence-electron chi connectivity index (χ4n) is 1.49. The van der Waals surface area contributed by atoms with Crippen LogP contribution in [0.1, 0.15) is 23.7 Å². The van der Waals surface area contributed by atoms with E-state index in [1.54, 1.807) is 0 Å². The van der Waals surface area contributed by atoms with Crippen molar-refractivity contribution in [1.29, 1.82) is 0 Å². The molecule has 1 aromatic heterocycles. The number of alkyl halides is 3. The number of carbonyl (C=O) groups excluding carboxylic acids is 1. The van der Waals surface area contributed by atoms with Gasteiger partial charge >= 0.3 is 6.18 Å². The predicted molar refractivity (Wildman–Crippen MR) is 62.9 cm³/mol. The van der Waals surface area contributed by atoms with E-state index >= 15 is 0 Å². The molecule has 0 spiro atoms. The second-order valence-electron chi connectivity index (χ2n) is 4.08. The van der Waals surface area contributed by atoms with E-state index in [0.29, 0.717) is 0 Å². The van der Waals surface area contributed by atoms with Crippen LogP contribution in [0.25, 0.3) is 0 Å². The molecule has 1 unspecified atom stereocenters. The van der Waals surface area contributed by atoms with E-state index in [0.717, 1.165) is 19.2 Å². The first kappa shape index (κ1) is 15.7. The van der Waals surface area contributed by atoms with Crippen LogP contribution < -0.4 is 11.1 Å². The lowest BCUT2D eigenvalue weighted by Gasteiger charge is -2.15. The number of halogens is 3. The van der Waals surface area contributed by atoms with Gasteiger partial charge in [0.1, 0.15) is 17.6 Å². The summed E-state index contributed by atoms with van der Waals surface area (Å²) in [6.45, 7) is 1.14. The molecule has 7 nitrogen and oxygen atoms in total. The molecule has 1 rings (SSSR count). The highest BCUT2D eigenvalue weighted by Gasteiger charge is 2.31. The molecule has 0 radical (unpaired) electrons. The molecule has 0 aliphatic heterocycles. The van der Waals surface area contributed by atoms with Crippen molar-refractivity contribution in [2.75, 3.05) is 5.73 Å². The molecule has 10 heteroatoms. The summed E-state index contributed by atoms with van der Waals surface area (Å²) >= 11 is 0. The van der Waals surface area contributed by atoms with Gasteiger partial charge in [-0.05, 0) is 13.0 Å². The zero-order chi connectivity index (χ0) is 15.5. The summed E-state index contributed by atoms with van der Waals surface area (Å²) in [6, 6.07) is -0.287. The number of rotatable bonds is 4. The number of nitrogens with zero attached hydrogens (tertiary/aromatic N) is 2. The number of pyridine rings is 1. The fraction of sp³-hybridized carbons (Fsp3) is 0.400. The Hall–Kier alpha value is -2.39. The number of nitrogens with two attached hydrogens (primary N) is 1. The van der Waals surface area contributed by atoms with Crippen LogP contribution in [-0.4, -0.2) is 28.0 Å². The summed E-state index contributed by atoms with van der Waals surface area (Å²) in [5.74, 6) is -1.16. The first-order chi connectivity index (χ1) is 9.10. The molecule has 0 aliphatic rings. The number of aromatic nitrogens is 1. The average Bonchev–Trinajstić information content (AvgIpc) is 2.25. The maximum absolute atomic E-state index is 12.1. The number of amides is 1. The van der Waals surface area contributed by atoms with Crippen LogP contribution in [0, 0.1) is 10.1 Å². The quantitative estimate of drug-likeness (QED) is 0.647. The van der Waals surface area contributed by atoms with Crippen molar-refractivity contribution in [3.8, 4) is 0 Å². The van der Waals surface area contributed by atoms with Crippen LogP contribution in [0.15, 0.2) is 12.3 Å².